The smallest absolute Gasteiger partial charge is 0.335 e. The van der Waals surface area contributed by atoms with Crippen molar-refractivity contribution >= 4 is 11.9 Å². The molecule has 1 amide bonds. The monoisotopic (exact) mass is 373 g/mol. The third kappa shape index (κ3) is 4.51. The van der Waals surface area contributed by atoms with Crippen LogP contribution in [0.1, 0.15) is 34.3 Å². The Morgan fingerprint density at radius 3 is 2.37 bits per heavy atom. The average molecular weight is 373 g/mol. The summed E-state index contributed by atoms with van der Waals surface area (Å²) in [5.41, 5.74) is 1.19. The zero-order valence-corrected chi connectivity index (χ0v) is 14.8. The number of hydrogen-bond acceptors (Lipinski definition) is 2. The van der Waals surface area contributed by atoms with Crippen molar-refractivity contribution in [1.29, 1.82) is 0 Å². The first-order valence-electron chi connectivity index (χ1n) is 8.97. The van der Waals surface area contributed by atoms with E-state index < -0.39 is 17.6 Å². The third-order valence-corrected chi connectivity index (χ3v) is 5.10. The number of amides is 1. The molecule has 3 rings (SSSR count). The van der Waals surface area contributed by atoms with Gasteiger partial charge < -0.3 is 10.0 Å². The van der Waals surface area contributed by atoms with E-state index in [1.807, 2.05) is 12.1 Å². The van der Waals surface area contributed by atoms with Crippen LogP contribution in [0.4, 0.5) is 8.78 Å². The van der Waals surface area contributed by atoms with Gasteiger partial charge in [-0.25, -0.2) is 13.6 Å². The molecular formula is C21H21F2NO3. The number of aromatic carboxylic acids is 1. The topological polar surface area (TPSA) is 57.6 Å². The summed E-state index contributed by atoms with van der Waals surface area (Å²) in [4.78, 5) is 25.4. The fourth-order valence-corrected chi connectivity index (χ4v) is 3.56. The van der Waals surface area contributed by atoms with Crippen LogP contribution in [0, 0.1) is 17.6 Å². The standard InChI is InChI=1S/C21H21F2NO3/c22-18-7-3-5-16(20(18)23)13-19(25)24-10-8-14(9-11-24)12-15-4-1-2-6-17(15)21(26)27/h1-7,14H,8-13H2,(H,26,27). The predicted octanol–water partition coefficient (Wildman–Crippen LogP) is 3.69. The van der Waals surface area contributed by atoms with E-state index in [1.165, 1.54) is 12.1 Å². The maximum absolute atomic E-state index is 13.7. The molecule has 0 bridgehead atoms. The van der Waals surface area contributed by atoms with Crippen LogP contribution in [0.2, 0.25) is 0 Å². The molecule has 2 aromatic rings. The lowest BCUT2D eigenvalue weighted by Crippen LogP contribution is -2.39. The number of likely N-dealkylation sites (tertiary alicyclic amines) is 1. The molecule has 0 radical (unpaired) electrons. The van der Waals surface area contributed by atoms with E-state index in [9.17, 15) is 23.5 Å². The molecule has 0 aromatic heterocycles. The summed E-state index contributed by atoms with van der Waals surface area (Å²) in [6, 6.07) is 10.8. The van der Waals surface area contributed by atoms with Crippen LogP contribution in [0.25, 0.3) is 0 Å². The van der Waals surface area contributed by atoms with Gasteiger partial charge in [-0.1, -0.05) is 30.3 Å². The second-order valence-electron chi connectivity index (χ2n) is 6.88. The third-order valence-electron chi connectivity index (χ3n) is 5.10. The summed E-state index contributed by atoms with van der Waals surface area (Å²) in [5, 5.41) is 9.28. The molecular weight excluding hydrogens is 352 g/mol. The molecule has 1 aliphatic rings. The number of carbonyl (C=O) groups is 2. The summed E-state index contributed by atoms with van der Waals surface area (Å²) in [5.74, 6) is -2.78. The molecule has 1 saturated heterocycles. The van der Waals surface area contributed by atoms with Gasteiger partial charge in [0.25, 0.3) is 0 Å². The highest BCUT2D eigenvalue weighted by Crippen LogP contribution is 2.24. The molecule has 0 saturated carbocycles. The number of hydrogen-bond donors (Lipinski definition) is 1. The Hall–Kier alpha value is -2.76. The number of nitrogens with zero attached hydrogens (tertiary/aromatic N) is 1. The first-order chi connectivity index (χ1) is 13.0. The highest BCUT2D eigenvalue weighted by atomic mass is 19.2. The lowest BCUT2D eigenvalue weighted by molar-refractivity contribution is -0.131. The van der Waals surface area contributed by atoms with Crippen molar-refractivity contribution in [3.05, 3.63) is 70.8 Å². The summed E-state index contributed by atoms with van der Waals surface area (Å²) >= 11 is 0. The Bertz CT molecular complexity index is 845. The fourth-order valence-electron chi connectivity index (χ4n) is 3.56. The molecule has 1 aliphatic heterocycles. The maximum Gasteiger partial charge on any atom is 0.335 e. The molecule has 27 heavy (non-hydrogen) atoms. The van der Waals surface area contributed by atoms with Gasteiger partial charge in [0.2, 0.25) is 5.91 Å². The molecule has 0 atom stereocenters. The van der Waals surface area contributed by atoms with Gasteiger partial charge in [0, 0.05) is 18.7 Å². The van der Waals surface area contributed by atoms with E-state index in [1.54, 1.807) is 17.0 Å². The zero-order valence-electron chi connectivity index (χ0n) is 14.8. The molecule has 142 valence electrons. The molecule has 2 aromatic carbocycles. The normalized spacial score (nSPS) is 15.0. The van der Waals surface area contributed by atoms with Gasteiger partial charge in [-0.3, -0.25) is 4.79 Å². The van der Waals surface area contributed by atoms with Crippen molar-refractivity contribution < 1.29 is 23.5 Å². The Balaban J connectivity index is 1.57. The van der Waals surface area contributed by atoms with Gasteiger partial charge >= 0.3 is 5.97 Å². The van der Waals surface area contributed by atoms with Crippen LogP contribution in [0.5, 0.6) is 0 Å². The number of rotatable bonds is 5. The van der Waals surface area contributed by atoms with Crippen LogP contribution in [-0.2, 0) is 17.6 Å². The van der Waals surface area contributed by atoms with E-state index in [0.717, 1.165) is 24.5 Å². The molecule has 1 N–H and O–H groups in total. The van der Waals surface area contributed by atoms with Crippen LogP contribution < -0.4 is 0 Å². The summed E-state index contributed by atoms with van der Waals surface area (Å²) < 4.78 is 27.0. The van der Waals surface area contributed by atoms with Crippen molar-refractivity contribution in [3.63, 3.8) is 0 Å². The first kappa shape index (κ1) is 19.0. The molecule has 4 nitrogen and oxygen atoms in total. The van der Waals surface area contributed by atoms with Crippen molar-refractivity contribution in [2.75, 3.05) is 13.1 Å². The number of carboxylic acids is 1. The van der Waals surface area contributed by atoms with Crippen LogP contribution in [0.3, 0.4) is 0 Å². The quantitative estimate of drug-likeness (QED) is 0.870. The van der Waals surface area contributed by atoms with E-state index in [-0.39, 0.29) is 17.9 Å². The predicted molar refractivity (Wildman–Crippen MR) is 96.5 cm³/mol. The van der Waals surface area contributed by atoms with E-state index in [0.29, 0.717) is 31.0 Å². The second-order valence-corrected chi connectivity index (χ2v) is 6.88. The number of carbonyl (C=O) groups excluding carboxylic acids is 1. The SMILES string of the molecule is O=C(O)c1ccccc1CC1CCN(C(=O)Cc2cccc(F)c2F)CC1. The molecule has 1 heterocycles. The average Bonchev–Trinajstić information content (AvgIpc) is 2.66. The lowest BCUT2D eigenvalue weighted by atomic mass is 9.88. The summed E-state index contributed by atoms with van der Waals surface area (Å²) in [6.45, 7) is 1.07. The number of halogens is 2. The van der Waals surface area contributed by atoms with Gasteiger partial charge in [0.05, 0.1) is 12.0 Å². The van der Waals surface area contributed by atoms with E-state index in [4.69, 9.17) is 0 Å². The van der Waals surface area contributed by atoms with Gasteiger partial charge in [0.1, 0.15) is 0 Å². The van der Waals surface area contributed by atoms with Crippen LogP contribution in [-0.4, -0.2) is 35.0 Å². The minimum Gasteiger partial charge on any atom is -0.478 e. The molecule has 1 fully saturated rings. The Kier molecular flexibility index (Phi) is 5.84. The number of piperidine rings is 1. The summed E-state index contributed by atoms with van der Waals surface area (Å²) in [7, 11) is 0. The second kappa shape index (κ2) is 8.29. The number of carboxylic acid groups (broad SMARTS) is 1. The van der Waals surface area contributed by atoms with Crippen LogP contribution in [0.15, 0.2) is 42.5 Å². The Morgan fingerprint density at radius 1 is 1.00 bits per heavy atom. The highest BCUT2D eigenvalue weighted by Gasteiger charge is 2.25. The van der Waals surface area contributed by atoms with Crippen molar-refractivity contribution in [1.82, 2.24) is 4.90 Å². The molecule has 0 aliphatic carbocycles. The molecule has 0 unspecified atom stereocenters. The number of benzene rings is 2. The minimum absolute atomic E-state index is 0.0671. The van der Waals surface area contributed by atoms with Crippen LogP contribution >= 0.6 is 0 Å². The molecule has 0 spiro atoms. The largest absolute Gasteiger partial charge is 0.478 e. The van der Waals surface area contributed by atoms with Gasteiger partial charge in [0.15, 0.2) is 11.6 Å². The van der Waals surface area contributed by atoms with E-state index >= 15 is 0 Å². The fraction of sp³-hybridized carbons (Fsp3) is 0.333. The lowest BCUT2D eigenvalue weighted by Gasteiger charge is -2.32. The van der Waals surface area contributed by atoms with Gasteiger partial charge in [-0.15, -0.1) is 0 Å². The zero-order chi connectivity index (χ0) is 19.4. The van der Waals surface area contributed by atoms with Crippen molar-refractivity contribution in [3.8, 4) is 0 Å². The summed E-state index contributed by atoms with van der Waals surface area (Å²) in [6.07, 6.45) is 2.01. The van der Waals surface area contributed by atoms with E-state index in [2.05, 4.69) is 0 Å². The first-order valence-corrected chi connectivity index (χ1v) is 8.97. The minimum atomic E-state index is -0.967. The van der Waals surface area contributed by atoms with Crippen molar-refractivity contribution in [2.45, 2.75) is 25.7 Å². The van der Waals surface area contributed by atoms with Crippen molar-refractivity contribution in [2.24, 2.45) is 5.92 Å². The maximum atomic E-state index is 13.7. The molecule has 6 heteroatoms. The van der Waals surface area contributed by atoms with Gasteiger partial charge in [-0.2, -0.15) is 0 Å². The highest BCUT2D eigenvalue weighted by molar-refractivity contribution is 5.89. The Labute approximate surface area is 156 Å². The van der Waals surface area contributed by atoms with Gasteiger partial charge in [-0.05, 0) is 42.9 Å². The Morgan fingerprint density at radius 2 is 1.67 bits per heavy atom.